The summed E-state index contributed by atoms with van der Waals surface area (Å²) in [5, 5.41) is 4.29. The second-order valence-corrected chi connectivity index (χ2v) is 7.71. The van der Waals surface area contributed by atoms with Gasteiger partial charge in [0, 0.05) is 25.0 Å². The van der Waals surface area contributed by atoms with E-state index in [0.29, 0.717) is 6.04 Å². The van der Waals surface area contributed by atoms with Gasteiger partial charge in [-0.05, 0) is 37.8 Å². The standard InChI is InChI=1S/C18H23N3O2S/c1-23-14-6-3-7-15-16(14)20-18(24-15)21-10-8-13(9-11-21)19-17(22)12-4-2-5-12/h3,6-7,12-13H,2,4-5,8-11H2,1H3,(H,19,22). The molecular formula is C18H23N3O2S. The summed E-state index contributed by atoms with van der Waals surface area (Å²) in [6, 6.07) is 6.36. The van der Waals surface area contributed by atoms with E-state index in [2.05, 4.69) is 16.3 Å². The van der Waals surface area contributed by atoms with Gasteiger partial charge in [0.15, 0.2) is 5.13 Å². The number of rotatable bonds is 4. The molecule has 1 saturated carbocycles. The SMILES string of the molecule is COc1cccc2sc(N3CCC(NC(=O)C4CCC4)CC3)nc12. The third-order valence-electron chi connectivity index (χ3n) is 5.18. The number of benzene rings is 1. The molecule has 0 spiro atoms. The number of nitrogens with zero attached hydrogens (tertiary/aromatic N) is 2. The molecule has 1 aromatic heterocycles. The van der Waals surface area contributed by atoms with Crippen molar-refractivity contribution in [2.75, 3.05) is 25.1 Å². The van der Waals surface area contributed by atoms with Gasteiger partial charge in [0.2, 0.25) is 5.91 Å². The van der Waals surface area contributed by atoms with Crippen molar-refractivity contribution in [1.82, 2.24) is 10.3 Å². The van der Waals surface area contributed by atoms with Gasteiger partial charge in [0.1, 0.15) is 11.3 Å². The van der Waals surface area contributed by atoms with Gasteiger partial charge in [-0.3, -0.25) is 4.79 Å². The van der Waals surface area contributed by atoms with Gasteiger partial charge < -0.3 is 15.0 Å². The Labute approximate surface area is 146 Å². The first-order valence-electron chi connectivity index (χ1n) is 8.73. The predicted octanol–water partition coefficient (Wildman–Crippen LogP) is 3.19. The zero-order valence-electron chi connectivity index (χ0n) is 14.0. The number of carbonyl (C=O) groups excluding carboxylic acids is 1. The number of anilines is 1. The molecule has 0 bridgehead atoms. The highest BCUT2D eigenvalue weighted by Crippen LogP contribution is 2.35. The highest BCUT2D eigenvalue weighted by Gasteiger charge is 2.29. The third-order valence-corrected chi connectivity index (χ3v) is 6.26. The monoisotopic (exact) mass is 345 g/mol. The van der Waals surface area contributed by atoms with Gasteiger partial charge >= 0.3 is 0 Å². The van der Waals surface area contributed by atoms with Crippen molar-refractivity contribution in [2.45, 2.75) is 38.1 Å². The van der Waals surface area contributed by atoms with E-state index >= 15 is 0 Å². The van der Waals surface area contributed by atoms with Crippen LogP contribution in [0.3, 0.4) is 0 Å². The molecule has 128 valence electrons. The number of fused-ring (bicyclic) bond motifs is 1. The van der Waals surface area contributed by atoms with E-state index in [9.17, 15) is 4.79 Å². The van der Waals surface area contributed by atoms with E-state index in [-0.39, 0.29) is 11.8 Å². The van der Waals surface area contributed by atoms with Crippen LogP contribution in [0.15, 0.2) is 18.2 Å². The summed E-state index contributed by atoms with van der Waals surface area (Å²) < 4.78 is 6.56. The number of ether oxygens (including phenoxy) is 1. The third kappa shape index (κ3) is 2.95. The maximum absolute atomic E-state index is 12.1. The first kappa shape index (κ1) is 15.7. The van der Waals surface area contributed by atoms with Gasteiger partial charge in [-0.15, -0.1) is 0 Å². The van der Waals surface area contributed by atoms with Crippen molar-refractivity contribution in [3.63, 3.8) is 0 Å². The topological polar surface area (TPSA) is 54.5 Å². The van der Waals surface area contributed by atoms with Crippen LogP contribution >= 0.6 is 11.3 Å². The lowest BCUT2D eigenvalue weighted by molar-refractivity contribution is -0.128. The van der Waals surface area contributed by atoms with Crippen LogP contribution in [0.5, 0.6) is 5.75 Å². The van der Waals surface area contributed by atoms with E-state index in [4.69, 9.17) is 9.72 Å². The number of amides is 1. The van der Waals surface area contributed by atoms with Gasteiger partial charge in [-0.25, -0.2) is 4.98 Å². The average molecular weight is 345 g/mol. The van der Waals surface area contributed by atoms with E-state index in [0.717, 1.165) is 59.9 Å². The van der Waals surface area contributed by atoms with E-state index in [1.54, 1.807) is 18.4 Å². The molecule has 1 aromatic carbocycles. The minimum atomic E-state index is 0.268. The summed E-state index contributed by atoms with van der Waals surface area (Å²) >= 11 is 1.71. The molecule has 1 aliphatic heterocycles. The minimum absolute atomic E-state index is 0.268. The summed E-state index contributed by atoms with van der Waals surface area (Å²) in [5.74, 6) is 1.38. The molecule has 2 aliphatic rings. The fourth-order valence-electron chi connectivity index (χ4n) is 3.42. The second kappa shape index (κ2) is 6.59. The van der Waals surface area contributed by atoms with E-state index in [1.807, 2.05) is 12.1 Å². The molecule has 1 aliphatic carbocycles. The van der Waals surface area contributed by atoms with Crippen molar-refractivity contribution in [1.29, 1.82) is 0 Å². The first-order chi connectivity index (χ1) is 11.7. The first-order valence-corrected chi connectivity index (χ1v) is 9.55. The van der Waals surface area contributed by atoms with Crippen LogP contribution in [0.4, 0.5) is 5.13 Å². The summed E-state index contributed by atoms with van der Waals surface area (Å²) in [4.78, 5) is 19.2. The summed E-state index contributed by atoms with van der Waals surface area (Å²) in [5.41, 5.74) is 0.945. The second-order valence-electron chi connectivity index (χ2n) is 6.70. The van der Waals surface area contributed by atoms with Crippen molar-refractivity contribution in [2.24, 2.45) is 5.92 Å². The molecular weight excluding hydrogens is 322 g/mol. The zero-order valence-corrected chi connectivity index (χ0v) is 14.8. The van der Waals surface area contributed by atoms with Crippen molar-refractivity contribution in [3.8, 4) is 5.75 Å². The van der Waals surface area contributed by atoms with Gasteiger partial charge in [-0.1, -0.05) is 23.8 Å². The fraction of sp³-hybridized carbons (Fsp3) is 0.556. The largest absolute Gasteiger partial charge is 0.494 e. The molecule has 1 amide bonds. The summed E-state index contributed by atoms with van der Waals surface area (Å²) in [6.45, 7) is 1.88. The van der Waals surface area contributed by atoms with Gasteiger partial charge in [-0.2, -0.15) is 0 Å². The number of methoxy groups -OCH3 is 1. The lowest BCUT2D eigenvalue weighted by atomic mass is 9.84. The van der Waals surface area contributed by atoms with Crippen LogP contribution in [0.1, 0.15) is 32.1 Å². The maximum atomic E-state index is 12.1. The average Bonchev–Trinajstić information content (AvgIpc) is 2.97. The van der Waals surface area contributed by atoms with E-state index in [1.165, 1.54) is 6.42 Å². The summed E-state index contributed by atoms with van der Waals surface area (Å²) in [6.07, 6.45) is 5.32. The maximum Gasteiger partial charge on any atom is 0.223 e. The Bertz CT molecular complexity index is 733. The quantitative estimate of drug-likeness (QED) is 0.925. The smallest absolute Gasteiger partial charge is 0.223 e. The predicted molar refractivity (Wildman–Crippen MR) is 96.9 cm³/mol. The Balaban J connectivity index is 1.39. The number of carbonyl (C=O) groups is 1. The Hall–Kier alpha value is -1.82. The Morgan fingerprint density at radius 1 is 1.29 bits per heavy atom. The van der Waals surface area contributed by atoms with Gasteiger partial charge in [0.25, 0.3) is 0 Å². The molecule has 1 N–H and O–H groups in total. The highest BCUT2D eigenvalue weighted by atomic mass is 32.1. The highest BCUT2D eigenvalue weighted by molar-refractivity contribution is 7.22. The number of piperidine rings is 1. The molecule has 4 rings (SSSR count). The van der Waals surface area contributed by atoms with Crippen LogP contribution in [-0.4, -0.2) is 37.1 Å². The van der Waals surface area contributed by atoms with Crippen molar-refractivity contribution < 1.29 is 9.53 Å². The molecule has 0 unspecified atom stereocenters. The molecule has 2 fully saturated rings. The van der Waals surface area contributed by atoms with Crippen LogP contribution < -0.4 is 15.0 Å². The number of thiazole rings is 1. The number of para-hydroxylation sites is 1. The van der Waals surface area contributed by atoms with Crippen LogP contribution in [0, 0.1) is 5.92 Å². The zero-order chi connectivity index (χ0) is 16.5. The molecule has 6 heteroatoms. The van der Waals surface area contributed by atoms with Gasteiger partial charge in [0.05, 0.1) is 11.8 Å². The van der Waals surface area contributed by atoms with Crippen molar-refractivity contribution >= 4 is 32.6 Å². The molecule has 24 heavy (non-hydrogen) atoms. The van der Waals surface area contributed by atoms with Crippen LogP contribution in [0.25, 0.3) is 10.2 Å². The lowest BCUT2D eigenvalue weighted by Gasteiger charge is -2.34. The number of hydrogen-bond donors (Lipinski definition) is 1. The minimum Gasteiger partial charge on any atom is -0.494 e. The summed E-state index contributed by atoms with van der Waals surface area (Å²) in [7, 11) is 1.68. The van der Waals surface area contributed by atoms with Crippen LogP contribution in [-0.2, 0) is 4.79 Å². The Morgan fingerprint density at radius 2 is 2.08 bits per heavy atom. The number of hydrogen-bond acceptors (Lipinski definition) is 5. The van der Waals surface area contributed by atoms with Crippen molar-refractivity contribution in [3.05, 3.63) is 18.2 Å². The molecule has 2 heterocycles. The lowest BCUT2D eigenvalue weighted by Crippen LogP contribution is -2.47. The Kier molecular flexibility index (Phi) is 4.31. The molecule has 0 radical (unpaired) electrons. The number of aromatic nitrogens is 1. The Morgan fingerprint density at radius 3 is 2.75 bits per heavy atom. The normalized spacial score (nSPS) is 19.3. The molecule has 5 nitrogen and oxygen atoms in total. The fourth-order valence-corrected chi connectivity index (χ4v) is 4.45. The molecule has 2 aromatic rings. The van der Waals surface area contributed by atoms with Crippen LogP contribution in [0.2, 0.25) is 0 Å². The van der Waals surface area contributed by atoms with E-state index < -0.39 is 0 Å². The molecule has 0 atom stereocenters. The molecule has 1 saturated heterocycles. The number of nitrogens with one attached hydrogen (secondary N) is 1.